The molecule has 0 fully saturated rings. The molecule has 0 saturated carbocycles. The monoisotopic (exact) mass is 396 g/mol. The van der Waals surface area contributed by atoms with Crippen LogP contribution in [-0.2, 0) is 14.3 Å². The molecule has 1 amide bonds. The third-order valence-corrected chi connectivity index (χ3v) is 4.91. The molecule has 0 aliphatic heterocycles. The topological polar surface area (TPSA) is 104 Å². The molecular weight excluding hydrogens is 356 g/mol. The van der Waals surface area contributed by atoms with Gasteiger partial charge in [-0.25, -0.2) is 4.79 Å². The summed E-state index contributed by atoms with van der Waals surface area (Å²) >= 11 is 0. The van der Waals surface area contributed by atoms with Crippen molar-refractivity contribution in [2.24, 2.45) is 5.11 Å². The number of nitrogens with zero attached hydrogens (tertiary/aromatic N) is 3. The fraction of sp³-hybridized carbons (Fsp3) is 0.905. The zero-order valence-corrected chi connectivity index (χ0v) is 18.0. The van der Waals surface area contributed by atoms with Crippen LogP contribution >= 0.6 is 0 Å². The molecule has 0 rings (SSSR count). The summed E-state index contributed by atoms with van der Waals surface area (Å²) < 4.78 is 4.68. The first kappa shape index (κ1) is 26.2. The van der Waals surface area contributed by atoms with Gasteiger partial charge in [0, 0.05) is 17.9 Å². The van der Waals surface area contributed by atoms with Gasteiger partial charge >= 0.3 is 5.97 Å². The first-order valence-electron chi connectivity index (χ1n) is 11.0. The van der Waals surface area contributed by atoms with Crippen LogP contribution < -0.4 is 5.32 Å². The molecule has 0 radical (unpaired) electrons. The maximum Gasteiger partial charge on any atom is 0.328 e. The number of amides is 1. The zero-order valence-electron chi connectivity index (χ0n) is 18.0. The Kier molecular flexibility index (Phi) is 18.7. The van der Waals surface area contributed by atoms with E-state index in [2.05, 4.69) is 27.0 Å². The van der Waals surface area contributed by atoms with E-state index in [4.69, 9.17) is 5.53 Å². The molecule has 7 nitrogen and oxygen atoms in total. The van der Waals surface area contributed by atoms with E-state index in [1.165, 1.54) is 71.3 Å². The van der Waals surface area contributed by atoms with E-state index in [9.17, 15) is 9.59 Å². The highest BCUT2D eigenvalue weighted by atomic mass is 16.5. The van der Waals surface area contributed by atoms with E-state index in [0.717, 1.165) is 19.3 Å². The van der Waals surface area contributed by atoms with Crippen molar-refractivity contribution in [3.63, 3.8) is 0 Å². The molecule has 7 heteroatoms. The molecule has 0 aliphatic carbocycles. The summed E-state index contributed by atoms with van der Waals surface area (Å²) in [4.78, 5) is 26.3. The molecule has 162 valence electrons. The van der Waals surface area contributed by atoms with E-state index in [1.807, 2.05) is 0 Å². The standard InChI is InChI=1S/C21H40N4O3/c1-3-4-5-6-7-8-9-10-11-12-13-14-15-16-20(26)24-19(21(27)28-2)17-18-23-25-22/h19H,3-18H2,1-2H3,(H,24,26). The maximum absolute atomic E-state index is 12.0. The Balaban J connectivity index is 3.61. The van der Waals surface area contributed by atoms with Crippen molar-refractivity contribution in [1.29, 1.82) is 0 Å². The van der Waals surface area contributed by atoms with E-state index in [-0.39, 0.29) is 18.9 Å². The predicted octanol–water partition coefficient (Wildman–Crippen LogP) is 5.83. The van der Waals surface area contributed by atoms with Crippen molar-refractivity contribution in [1.82, 2.24) is 5.32 Å². The summed E-state index contributed by atoms with van der Waals surface area (Å²) in [5.74, 6) is -0.661. The number of nitrogens with one attached hydrogen (secondary N) is 1. The van der Waals surface area contributed by atoms with Gasteiger partial charge in [-0.05, 0) is 18.4 Å². The number of unbranched alkanes of at least 4 members (excludes halogenated alkanes) is 12. The second kappa shape index (κ2) is 20.0. The normalized spacial score (nSPS) is 11.5. The minimum absolute atomic E-state index is 0.148. The number of ether oxygens (including phenoxy) is 1. The highest BCUT2D eigenvalue weighted by molar-refractivity contribution is 5.84. The summed E-state index contributed by atoms with van der Waals surface area (Å²) in [6.45, 7) is 2.40. The quantitative estimate of drug-likeness (QED) is 0.0976. The minimum Gasteiger partial charge on any atom is -0.467 e. The van der Waals surface area contributed by atoms with Crippen LogP contribution in [0.5, 0.6) is 0 Å². The van der Waals surface area contributed by atoms with E-state index in [1.54, 1.807) is 0 Å². The average Bonchev–Trinajstić information content (AvgIpc) is 2.70. The Bertz CT molecular complexity index is 451. The van der Waals surface area contributed by atoms with Gasteiger partial charge in [0.15, 0.2) is 0 Å². The minimum atomic E-state index is -0.745. The third-order valence-electron chi connectivity index (χ3n) is 4.91. The average molecular weight is 397 g/mol. The lowest BCUT2D eigenvalue weighted by molar-refractivity contribution is -0.145. The Morgan fingerprint density at radius 1 is 0.929 bits per heavy atom. The van der Waals surface area contributed by atoms with Crippen LogP contribution in [0, 0.1) is 0 Å². The van der Waals surface area contributed by atoms with E-state index < -0.39 is 12.0 Å². The summed E-state index contributed by atoms with van der Waals surface area (Å²) in [6.07, 6.45) is 17.1. The SMILES string of the molecule is CCCCCCCCCCCCCCCC(=O)NC(CCN=[N+]=[N-])C(=O)OC. The Labute approximate surface area is 170 Å². The molecule has 28 heavy (non-hydrogen) atoms. The third kappa shape index (κ3) is 16.4. The molecule has 1 atom stereocenters. The van der Waals surface area contributed by atoms with Crippen molar-refractivity contribution in [3.05, 3.63) is 10.4 Å². The number of rotatable bonds is 19. The largest absolute Gasteiger partial charge is 0.467 e. The molecule has 0 bridgehead atoms. The van der Waals surface area contributed by atoms with Crippen molar-refractivity contribution < 1.29 is 14.3 Å². The smallest absolute Gasteiger partial charge is 0.328 e. The van der Waals surface area contributed by atoms with Gasteiger partial charge in [-0.15, -0.1) is 0 Å². The lowest BCUT2D eigenvalue weighted by Gasteiger charge is -2.15. The summed E-state index contributed by atoms with van der Waals surface area (Å²) in [5, 5.41) is 6.07. The summed E-state index contributed by atoms with van der Waals surface area (Å²) in [7, 11) is 1.28. The van der Waals surface area contributed by atoms with Gasteiger partial charge in [-0.2, -0.15) is 0 Å². The summed E-state index contributed by atoms with van der Waals surface area (Å²) in [5.41, 5.74) is 8.30. The van der Waals surface area contributed by atoms with Gasteiger partial charge in [0.2, 0.25) is 5.91 Å². The highest BCUT2D eigenvalue weighted by Gasteiger charge is 2.20. The molecule has 1 unspecified atom stereocenters. The molecule has 0 saturated heterocycles. The van der Waals surface area contributed by atoms with Crippen molar-refractivity contribution in [2.75, 3.05) is 13.7 Å². The Morgan fingerprint density at radius 2 is 1.43 bits per heavy atom. The van der Waals surface area contributed by atoms with Crippen molar-refractivity contribution in [3.8, 4) is 0 Å². The number of methoxy groups -OCH3 is 1. The van der Waals surface area contributed by atoms with Crippen LogP contribution in [-0.4, -0.2) is 31.6 Å². The van der Waals surface area contributed by atoms with Gasteiger partial charge in [-0.1, -0.05) is 89.1 Å². The number of esters is 1. The number of azide groups is 1. The molecule has 0 spiro atoms. The number of hydrogen-bond acceptors (Lipinski definition) is 4. The van der Waals surface area contributed by atoms with Gasteiger partial charge in [0.1, 0.15) is 6.04 Å². The molecule has 0 aliphatic rings. The lowest BCUT2D eigenvalue weighted by atomic mass is 10.0. The van der Waals surface area contributed by atoms with Gasteiger partial charge in [-0.3, -0.25) is 4.79 Å². The zero-order chi connectivity index (χ0) is 20.9. The number of carbonyl (C=O) groups is 2. The van der Waals surface area contributed by atoms with Crippen LogP contribution in [0.15, 0.2) is 5.11 Å². The fourth-order valence-corrected chi connectivity index (χ4v) is 3.19. The van der Waals surface area contributed by atoms with Crippen LogP contribution in [0.1, 0.15) is 103 Å². The second-order valence-corrected chi connectivity index (χ2v) is 7.38. The van der Waals surface area contributed by atoms with Gasteiger partial charge in [0.25, 0.3) is 0 Å². The fourth-order valence-electron chi connectivity index (χ4n) is 3.19. The first-order valence-corrected chi connectivity index (χ1v) is 11.0. The predicted molar refractivity (Wildman–Crippen MR) is 113 cm³/mol. The molecule has 1 N–H and O–H groups in total. The van der Waals surface area contributed by atoms with Crippen LogP contribution in [0.4, 0.5) is 0 Å². The second-order valence-electron chi connectivity index (χ2n) is 7.38. The van der Waals surface area contributed by atoms with Crippen LogP contribution in [0.3, 0.4) is 0 Å². The van der Waals surface area contributed by atoms with Crippen molar-refractivity contribution in [2.45, 2.75) is 109 Å². The Morgan fingerprint density at radius 3 is 1.89 bits per heavy atom. The molecule has 0 aromatic rings. The van der Waals surface area contributed by atoms with Gasteiger partial charge in [0.05, 0.1) is 7.11 Å². The van der Waals surface area contributed by atoms with Gasteiger partial charge < -0.3 is 10.1 Å². The maximum atomic E-state index is 12.0. The first-order chi connectivity index (χ1) is 13.7. The molecule has 0 aromatic carbocycles. The lowest BCUT2D eigenvalue weighted by Crippen LogP contribution is -2.41. The van der Waals surface area contributed by atoms with E-state index >= 15 is 0 Å². The molecular formula is C21H40N4O3. The summed E-state index contributed by atoms with van der Waals surface area (Å²) in [6, 6.07) is -0.745. The molecule has 0 heterocycles. The number of hydrogen-bond donors (Lipinski definition) is 1. The highest BCUT2D eigenvalue weighted by Crippen LogP contribution is 2.13. The van der Waals surface area contributed by atoms with Crippen LogP contribution in [0.2, 0.25) is 0 Å². The number of carbonyl (C=O) groups excluding carboxylic acids is 2. The van der Waals surface area contributed by atoms with Crippen molar-refractivity contribution >= 4 is 11.9 Å². The molecule has 0 aromatic heterocycles. The van der Waals surface area contributed by atoms with Crippen LogP contribution in [0.25, 0.3) is 10.4 Å². The Hall–Kier alpha value is -1.75. The van der Waals surface area contributed by atoms with E-state index in [0.29, 0.717) is 6.42 Å².